The van der Waals surface area contributed by atoms with E-state index in [2.05, 4.69) is 10.5 Å². The number of oxime groups is 1. The van der Waals surface area contributed by atoms with Gasteiger partial charge in [0.1, 0.15) is 5.60 Å². The number of alkyl carbamates (subject to hydrolysis) is 1. The number of benzene rings is 1. The van der Waals surface area contributed by atoms with E-state index in [0.717, 1.165) is 0 Å². The molecule has 1 rings (SSSR count). The van der Waals surface area contributed by atoms with Gasteiger partial charge in [-0.25, -0.2) is 4.79 Å². The summed E-state index contributed by atoms with van der Waals surface area (Å²) in [6.07, 6.45) is -0.914. The van der Waals surface area contributed by atoms with E-state index in [4.69, 9.17) is 15.7 Å². The summed E-state index contributed by atoms with van der Waals surface area (Å²) in [6, 6.07) is 3.88. The zero-order valence-corrected chi connectivity index (χ0v) is 13.5. The number of hydrogen-bond donors (Lipinski definition) is 3. The summed E-state index contributed by atoms with van der Waals surface area (Å²) in [7, 11) is 0. The maximum atomic E-state index is 14.2. The van der Waals surface area contributed by atoms with E-state index in [-0.39, 0.29) is 17.0 Å². The van der Waals surface area contributed by atoms with Crippen LogP contribution in [0.25, 0.3) is 0 Å². The molecule has 6 nitrogen and oxygen atoms in total. The summed E-state index contributed by atoms with van der Waals surface area (Å²) >= 11 is 0. The summed E-state index contributed by atoms with van der Waals surface area (Å²) < 4.78 is 33.4. The van der Waals surface area contributed by atoms with Crippen LogP contribution in [-0.2, 0) is 10.7 Å². The van der Waals surface area contributed by atoms with Crippen molar-refractivity contribution in [1.29, 1.82) is 0 Å². The van der Waals surface area contributed by atoms with Crippen molar-refractivity contribution in [1.82, 2.24) is 5.32 Å². The van der Waals surface area contributed by atoms with Crippen LogP contribution in [0, 0.1) is 6.92 Å². The van der Waals surface area contributed by atoms with Crippen molar-refractivity contribution in [2.24, 2.45) is 10.9 Å². The van der Waals surface area contributed by atoms with Gasteiger partial charge < -0.3 is 21.0 Å². The fourth-order valence-corrected chi connectivity index (χ4v) is 1.88. The summed E-state index contributed by atoms with van der Waals surface area (Å²) in [6.45, 7) is 5.50. The van der Waals surface area contributed by atoms with Gasteiger partial charge in [0, 0.05) is 11.1 Å². The van der Waals surface area contributed by atoms with Gasteiger partial charge in [0.2, 0.25) is 0 Å². The van der Waals surface area contributed by atoms with Crippen molar-refractivity contribution in [2.75, 3.05) is 6.54 Å². The van der Waals surface area contributed by atoms with Gasteiger partial charge in [0.25, 0.3) is 5.92 Å². The molecule has 0 fully saturated rings. The third-order valence-corrected chi connectivity index (χ3v) is 2.88. The van der Waals surface area contributed by atoms with Crippen LogP contribution < -0.4 is 11.1 Å². The topological polar surface area (TPSA) is 96.9 Å². The second kappa shape index (κ2) is 6.80. The number of amides is 1. The van der Waals surface area contributed by atoms with Crippen molar-refractivity contribution in [2.45, 2.75) is 39.2 Å². The van der Waals surface area contributed by atoms with Crippen LogP contribution >= 0.6 is 0 Å². The molecule has 0 saturated heterocycles. The third-order valence-electron chi connectivity index (χ3n) is 2.88. The molecule has 0 aliphatic rings. The molecule has 0 aliphatic heterocycles. The molecule has 0 aromatic heterocycles. The lowest BCUT2D eigenvalue weighted by atomic mass is 9.99. The summed E-state index contributed by atoms with van der Waals surface area (Å²) in [5.41, 5.74) is 4.97. The molecule has 23 heavy (non-hydrogen) atoms. The van der Waals surface area contributed by atoms with Gasteiger partial charge in [-0.15, -0.1) is 0 Å². The molecule has 4 N–H and O–H groups in total. The molecule has 1 aromatic carbocycles. The maximum Gasteiger partial charge on any atom is 0.407 e. The Labute approximate surface area is 133 Å². The summed E-state index contributed by atoms with van der Waals surface area (Å²) in [5, 5.41) is 13.5. The molecule has 1 amide bonds. The molecule has 8 heteroatoms. The number of hydrogen-bond acceptors (Lipinski definition) is 4. The first-order valence-electron chi connectivity index (χ1n) is 6.90. The van der Waals surface area contributed by atoms with Crippen LogP contribution in [-0.4, -0.2) is 29.3 Å². The Kier molecular flexibility index (Phi) is 5.52. The SMILES string of the molecule is Cc1cc(/C(N)=N\O)ccc1C(F)(F)CNC(=O)OC(C)(C)C. The number of nitrogens with one attached hydrogen (secondary N) is 1. The zero-order valence-electron chi connectivity index (χ0n) is 13.5. The van der Waals surface area contributed by atoms with Crippen molar-refractivity contribution < 1.29 is 23.5 Å². The van der Waals surface area contributed by atoms with Crippen molar-refractivity contribution in [3.63, 3.8) is 0 Å². The number of halogens is 2. The number of carbonyl (C=O) groups excluding carboxylic acids is 1. The molecule has 0 unspecified atom stereocenters. The molecular formula is C15H21F2N3O3. The Balaban J connectivity index is 2.86. The van der Waals surface area contributed by atoms with Gasteiger partial charge in [-0.05, 0) is 39.3 Å². The highest BCUT2D eigenvalue weighted by atomic mass is 19.3. The molecule has 0 bridgehead atoms. The number of nitrogens with zero attached hydrogens (tertiary/aromatic N) is 1. The van der Waals surface area contributed by atoms with E-state index in [1.54, 1.807) is 20.8 Å². The van der Waals surface area contributed by atoms with E-state index in [0.29, 0.717) is 5.56 Å². The predicted octanol–water partition coefficient (Wildman–Crippen LogP) is 2.71. The van der Waals surface area contributed by atoms with Gasteiger partial charge in [-0.1, -0.05) is 17.3 Å². The monoisotopic (exact) mass is 329 g/mol. The lowest BCUT2D eigenvalue weighted by molar-refractivity contribution is -0.00964. The van der Waals surface area contributed by atoms with Crippen LogP contribution in [0.3, 0.4) is 0 Å². The Morgan fingerprint density at radius 1 is 1.39 bits per heavy atom. The minimum atomic E-state index is -3.29. The van der Waals surface area contributed by atoms with Crippen LogP contribution in [0.1, 0.15) is 37.5 Å². The Morgan fingerprint density at radius 2 is 2.00 bits per heavy atom. The Morgan fingerprint density at radius 3 is 2.48 bits per heavy atom. The van der Waals surface area contributed by atoms with E-state index in [9.17, 15) is 13.6 Å². The highest BCUT2D eigenvalue weighted by Gasteiger charge is 2.34. The number of alkyl halides is 2. The second-order valence-corrected chi connectivity index (χ2v) is 6.07. The number of rotatable bonds is 4. The van der Waals surface area contributed by atoms with Gasteiger partial charge >= 0.3 is 6.09 Å². The Hall–Kier alpha value is -2.38. The van der Waals surface area contributed by atoms with Gasteiger partial charge in [0.05, 0.1) is 6.54 Å². The first-order valence-corrected chi connectivity index (χ1v) is 6.90. The van der Waals surface area contributed by atoms with Gasteiger partial charge in [-0.3, -0.25) is 0 Å². The highest BCUT2D eigenvalue weighted by molar-refractivity contribution is 5.97. The van der Waals surface area contributed by atoms with Gasteiger partial charge in [-0.2, -0.15) is 8.78 Å². The maximum absolute atomic E-state index is 14.2. The molecular weight excluding hydrogens is 308 g/mol. The first kappa shape index (κ1) is 18.7. The van der Waals surface area contributed by atoms with Crippen molar-refractivity contribution in [3.05, 3.63) is 34.9 Å². The fraction of sp³-hybridized carbons (Fsp3) is 0.467. The van der Waals surface area contributed by atoms with E-state index in [1.165, 1.54) is 25.1 Å². The van der Waals surface area contributed by atoms with Crippen molar-refractivity contribution in [3.8, 4) is 0 Å². The first-order chi connectivity index (χ1) is 10.5. The molecule has 0 aliphatic carbocycles. The smallest absolute Gasteiger partial charge is 0.407 e. The van der Waals surface area contributed by atoms with Crippen LogP contribution in [0.4, 0.5) is 13.6 Å². The Bertz CT molecular complexity index is 610. The third kappa shape index (κ3) is 5.39. The number of ether oxygens (including phenoxy) is 1. The predicted molar refractivity (Wildman–Crippen MR) is 81.8 cm³/mol. The second-order valence-electron chi connectivity index (χ2n) is 6.07. The molecule has 0 saturated carbocycles. The standard InChI is InChI=1S/C15H21F2N3O3/c1-9-7-10(12(18)20-22)5-6-11(9)15(16,17)8-19-13(21)23-14(2,3)4/h5-7,22H,8H2,1-4H3,(H2,18,20)(H,19,21). The minimum absolute atomic E-state index is 0.171. The lowest BCUT2D eigenvalue weighted by Crippen LogP contribution is -2.39. The molecule has 0 heterocycles. The average Bonchev–Trinajstić information content (AvgIpc) is 2.42. The normalized spacial score (nSPS) is 12.9. The van der Waals surface area contributed by atoms with Crippen LogP contribution in [0.15, 0.2) is 23.4 Å². The average molecular weight is 329 g/mol. The van der Waals surface area contributed by atoms with Crippen molar-refractivity contribution >= 4 is 11.9 Å². The zero-order chi connectivity index (χ0) is 17.8. The molecule has 0 radical (unpaired) electrons. The van der Waals surface area contributed by atoms with Gasteiger partial charge in [0.15, 0.2) is 5.84 Å². The number of nitrogens with two attached hydrogens (primary N) is 1. The summed E-state index contributed by atoms with van der Waals surface area (Å²) in [5.74, 6) is -3.46. The quantitative estimate of drug-likeness (QED) is 0.342. The number of carbonyl (C=O) groups is 1. The highest BCUT2D eigenvalue weighted by Crippen LogP contribution is 2.30. The van der Waals surface area contributed by atoms with Crippen LogP contribution in [0.5, 0.6) is 0 Å². The number of amidine groups is 1. The summed E-state index contributed by atoms with van der Waals surface area (Å²) in [4.78, 5) is 11.5. The molecule has 128 valence electrons. The minimum Gasteiger partial charge on any atom is -0.444 e. The van der Waals surface area contributed by atoms with E-state index >= 15 is 0 Å². The molecule has 0 atom stereocenters. The lowest BCUT2D eigenvalue weighted by Gasteiger charge is -2.23. The molecule has 0 spiro atoms. The number of aryl methyl sites for hydroxylation is 1. The molecule has 1 aromatic rings. The van der Waals surface area contributed by atoms with Crippen LogP contribution in [0.2, 0.25) is 0 Å². The fourth-order valence-electron chi connectivity index (χ4n) is 1.88. The van der Waals surface area contributed by atoms with E-state index in [1.807, 2.05) is 0 Å². The van der Waals surface area contributed by atoms with E-state index < -0.39 is 24.2 Å². The largest absolute Gasteiger partial charge is 0.444 e.